The maximum Gasteiger partial charge on any atom is 0.0662 e. The van der Waals surface area contributed by atoms with Gasteiger partial charge >= 0.3 is 0 Å². The van der Waals surface area contributed by atoms with Crippen LogP contribution >= 0.6 is 12.4 Å². The largest absolute Gasteiger partial charge is 0.319 e. The third-order valence-electron chi connectivity index (χ3n) is 5.82. The Morgan fingerprint density at radius 1 is 0.533 bits per heavy atom. The molecule has 4 aromatic carbocycles. The van der Waals surface area contributed by atoms with E-state index < -0.39 is 0 Å². The molecule has 30 heavy (non-hydrogen) atoms. The molecule has 0 atom stereocenters. The summed E-state index contributed by atoms with van der Waals surface area (Å²) >= 11 is 0. The molecule has 0 radical (unpaired) electrons. The summed E-state index contributed by atoms with van der Waals surface area (Å²) in [7, 11) is 0. The van der Waals surface area contributed by atoms with Gasteiger partial charge in [0.05, 0.1) is 5.54 Å². The zero-order chi connectivity index (χ0) is 19.7. The van der Waals surface area contributed by atoms with Gasteiger partial charge in [-0.3, -0.25) is 0 Å². The van der Waals surface area contributed by atoms with E-state index in [1.54, 1.807) is 0 Å². The van der Waals surface area contributed by atoms with E-state index in [-0.39, 0.29) is 17.9 Å². The van der Waals surface area contributed by atoms with Crippen molar-refractivity contribution in [1.82, 2.24) is 5.32 Å². The van der Waals surface area contributed by atoms with Crippen LogP contribution in [0.2, 0.25) is 0 Å². The predicted octanol–water partition coefficient (Wildman–Crippen LogP) is 5.87. The summed E-state index contributed by atoms with van der Waals surface area (Å²) in [5, 5.41) is 3.27. The molecule has 0 unspecified atom stereocenters. The SMILES string of the molecule is Cl.NC1(c2ccc(-c3cc(-c4ccccc4)cc(-c4ccccc4)c3)cc2)CNC1. The molecular weight excluding hydrogens is 388 g/mol. The molecule has 2 nitrogen and oxygen atoms in total. The van der Waals surface area contributed by atoms with Crippen LogP contribution in [0, 0.1) is 0 Å². The quantitative estimate of drug-likeness (QED) is 0.440. The summed E-state index contributed by atoms with van der Waals surface area (Å²) in [4.78, 5) is 0. The molecule has 0 bridgehead atoms. The van der Waals surface area contributed by atoms with E-state index in [0.717, 1.165) is 13.1 Å². The fourth-order valence-electron chi connectivity index (χ4n) is 3.98. The summed E-state index contributed by atoms with van der Waals surface area (Å²) in [5.74, 6) is 0. The molecule has 3 N–H and O–H groups in total. The van der Waals surface area contributed by atoms with Gasteiger partial charge in [0, 0.05) is 13.1 Å². The first-order valence-corrected chi connectivity index (χ1v) is 10.1. The van der Waals surface area contributed by atoms with Crippen molar-refractivity contribution in [3.8, 4) is 33.4 Å². The number of nitrogens with one attached hydrogen (secondary N) is 1. The average Bonchev–Trinajstić information content (AvgIpc) is 2.78. The number of benzene rings is 4. The van der Waals surface area contributed by atoms with Crippen molar-refractivity contribution in [1.29, 1.82) is 0 Å². The average molecular weight is 413 g/mol. The van der Waals surface area contributed by atoms with Crippen LogP contribution < -0.4 is 11.1 Å². The number of halogens is 1. The highest BCUT2D eigenvalue weighted by atomic mass is 35.5. The Labute approximate surface area is 184 Å². The van der Waals surface area contributed by atoms with Crippen molar-refractivity contribution >= 4 is 12.4 Å². The molecule has 0 saturated carbocycles. The fraction of sp³-hybridized carbons (Fsp3) is 0.111. The minimum atomic E-state index is -0.223. The molecule has 0 spiro atoms. The molecule has 150 valence electrons. The second-order valence-electron chi connectivity index (χ2n) is 7.87. The Morgan fingerprint density at radius 2 is 0.933 bits per heavy atom. The first-order chi connectivity index (χ1) is 14.2. The monoisotopic (exact) mass is 412 g/mol. The van der Waals surface area contributed by atoms with Crippen LogP contribution in [0.25, 0.3) is 33.4 Å². The smallest absolute Gasteiger partial charge is 0.0662 e. The van der Waals surface area contributed by atoms with Gasteiger partial charge in [-0.15, -0.1) is 12.4 Å². The maximum absolute atomic E-state index is 6.45. The highest BCUT2D eigenvalue weighted by Crippen LogP contribution is 2.33. The van der Waals surface area contributed by atoms with E-state index in [4.69, 9.17) is 5.73 Å². The zero-order valence-corrected chi connectivity index (χ0v) is 17.5. The van der Waals surface area contributed by atoms with Crippen LogP contribution in [0.15, 0.2) is 103 Å². The van der Waals surface area contributed by atoms with Crippen LogP contribution in [-0.4, -0.2) is 13.1 Å². The molecule has 1 heterocycles. The fourth-order valence-corrected chi connectivity index (χ4v) is 3.98. The summed E-state index contributed by atoms with van der Waals surface area (Å²) in [5.41, 5.74) is 14.8. The number of hydrogen-bond acceptors (Lipinski definition) is 2. The molecule has 1 fully saturated rings. The molecule has 1 saturated heterocycles. The van der Waals surface area contributed by atoms with Gasteiger partial charge in [-0.1, -0.05) is 84.9 Å². The van der Waals surface area contributed by atoms with Crippen molar-refractivity contribution in [3.05, 3.63) is 109 Å². The van der Waals surface area contributed by atoms with Crippen molar-refractivity contribution in [3.63, 3.8) is 0 Å². The lowest BCUT2D eigenvalue weighted by Crippen LogP contribution is -2.62. The zero-order valence-electron chi connectivity index (χ0n) is 16.7. The molecule has 3 heteroatoms. The van der Waals surface area contributed by atoms with Crippen LogP contribution in [-0.2, 0) is 5.54 Å². The van der Waals surface area contributed by atoms with Gasteiger partial charge in [0.1, 0.15) is 0 Å². The Hall–Kier alpha value is -2.91. The molecular formula is C27H25ClN2. The Morgan fingerprint density at radius 3 is 1.30 bits per heavy atom. The van der Waals surface area contributed by atoms with Gasteiger partial charge in [0.25, 0.3) is 0 Å². The van der Waals surface area contributed by atoms with Crippen LogP contribution in [0.4, 0.5) is 0 Å². The van der Waals surface area contributed by atoms with E-state index in [1.165, 1.54) is 38.9 Å². The molecule has 1 aliphatic rings. The predicted molar refractivity (Wildman–Crippen MR) is 129 cm³/mol. The highest BCUT2D eigenvalue weighted by molar-refractivity contribution is 5.85. The van der Waals surface area contributed by atoms with E-state index in [0.29, 0.717) is 0 Å². The summed E-state index contributed by atoms with van der Waals surface area (Å²) in [6, 6.07) is 36.7. The van der Waals surface area contributed by atoms with Gasteiger partial charge in [0.2, 0.25) is 0 Å². The first-order valence-electron chi connectivity index (χ1n) is 10.1. The molecule has 0 amide bonds. The molecule has 1 aliphatic heterocycles. The second-order valence-corrected chi connectivity index (χ2v) is 7.87. The minimum absolute atomic E-state index is 0. The summed E-state index contributed by atoms with van der Waals surface area (Å²) in [6.45, 7) is 1.68. The topological polar surface area (TPSA) is 38.0 Å². The van der Waals surface area contributed by atoms with Crippen LogP contribution in [0.1, 0.15) is 5.56 Å². The van der Waals surface area contributed by atoms with Crippen molar-refractivity contribution in [2.24, 2.45) is 5.73 Å². The number of rotatable bonds is 4. The third kappa shape index (κ3) is 3.90. The van der Waals surface area contributed by atoms with Gasteiger partial charge < -0.3 is 11.1 Å². The van der Waals surface area contributed by atoms with Gasteiger partial charge in [-0.25, -0.2) is 0 Å². The van der Waals surface area contributed by atoms with Crippen molar-refractivity contribution < 1.29 is 0 Å². The Bertz CT molecular complexity index is 1060. The lowest BCUT2D eigenvalue weighted by atomic mass is 9.84. The molecule has 5 rings (SSSR count). The lowest BCUT2D eigenvalue weighted by Gasteiger charge is -2.39. The molecule has 4 aromatic rings. The van der Waals surface area contributed by atoms with Crippen molar-refractivity contribution in [2.75, 3.05) is 13.1 Å². The Balaban J connectivity index is 0.00000218. The molecule has 0 aliphatic carbocycles. The normalized spacial score (nSPS) is 14.4. The van der Waals surface area contributed by atoms with E-state index >= 15 is 0 Å². The standard InChI is InChI=1S/C27H24N2.ClH/c28-27(18-29-19-27)26-13-11-22(12-14-26)25-16-23(20-7-3-1-4-8-20)15-24(17-25)21-9-5-2-6-10-21;/h1-17,29H,18-19,28H2;1H. The minimum Gasteiger partial charge on any atom is -0.319 e. The molecule has 0 aromatic heterocycles. The van der Waals surface area contributed by atoms with Crippen LogP contribution in [0.5, 0.6) is 0 Å². The van der Waals surface area contributed by atoms with E-state index in [9.17, 15) is 0 Å². The maximum atomic E-state index is 6.45. The first kappa shape index (κ1) is 20.4. The van der Waals surface area contributed by atoms with Gasteiger partial charge in [-0.2, -0.15) is 0 Å². The van der Waals surface area contributed by atoms with Gasteiger partial charge in [0.15, 0.2) is 0 Å². The highest BCUT2D eigenvalue weighted by Gasteiger charge is 2.33. The van der Waals surface area contributed by atoms with Crippen LogP contribution in [0.3, 0.4) is 0 Å². The summed E-state index contributed by atoms with van der Waals surface area (Å²) in [6.07, 6.45) is 0. The lowest BCUT2D eigenvalue weighted by molar-refractivity contribution is 0.287. The Kier molecular flexibility index (Phi) is 5.74. The van der Waals surface area contributed by atoms with Gasteiger partial charge in [-0.05, 0) is 57.1 Å². The number of nitrogens with two attached hydrogens (primary N) is 1. The summed E-state index contributed by atoms with van der Waals surface area (Å²) < 4.78 is 0. The number of hydrogen-bond donors (Lipinski definition) is 2. The second kappa shape index (κ2) is 8.45. The van der Waals surface area contributed by atoms with E-state index in [1.807, 2.05) is 0 Å². The van der Waals surface area contributed by atoms with Crippen molar-refractivity contribution in [2.45, 2.75) is 5.54 Å². The van der Waals surface area contributed by atoms with E-state index in [2.05, 4.69) is 108 Å². The third-order valence-corrected chi connectivity index (χ3v) is 5.82.